The lowest BCUT2D eigenvalue weighted by atomic mass is 10.0. The number of hydrogen-bond donors (Lipinski definition) is 1. The normalized spacial score (nSPS) is 11.8. The van der Waals surface area contributed by atoms with E-state index in [0.717, 1.165) is 36.4 Å². The van der Waals surface area contributed by atoms with Gasteiger partial charge in [-0.3, -0.25) is 9.78 Å². The maximum absolute atomic E-state index is 11.0. The third-order valence-electron chi connectivity index (χ3n) is 5.20. The van der Waals surface area contributed by atoms with Gasteiger partial charge in [0.05, 0.1) is 18.3 Å². The van der Waals surface area contributed by atoms with Crippen LogP contribution in [0.3, 0.4) is 0 Å². The van der Waals surface area contributed by atoms with Crippen LogP contribution in [0.5, 0.6) is 5.75 Å². The van der Waals surface area contributed by atoms with Crippen molar-refractivity contribution in [2.45, 2.75) is 77.2 Å². The van der Waals surface area contributed by atoms with Crippen LogP contribution in [-0.2, 0) is 4.79 Å². The van der Waals surface area contributed by atoms with Crippen LogP contribution in [-0.4, -0.2) is 18.0 Å². The summed E-state index contributed by atoms with van der Waals surface area (Å²) < 4.78 is 5.87. The summed E-state index contributed by atoms with van der Waals surface area (Å²) in [5.41, 5.74) is 1.81. The Morgan fingerprint density at radius 2 is 1.55 bits per heavy atom. The number of amides is 1. The molecule has 0 aliphatic carbocycles. The van der Waals surface area contributed by atoms with Gasteiger partial charge in [-0.1, -0.05) is 82.9 Å². The Labute approximate surface area is 176 Å². The molecule has 0 bridgehead atoms. The molecule has 2 aromatic rings. The van der Waals surface area contributed by atoms with Crippen LogP contribution in [0.15, 0.2) is 48.7 Å². The Hall–Kier alpha value is -2.36. The molecule has 1 N–H and O–H groups in total. The van der Waals surface area contributed by atoms with E-state index >= 15 is 0 Å². The van der Waals surface area contributed by atoms with Crippen LogP contribution >= 0.6 is 0 Å². The summed E-state index contributed by atoms with van der Waals surface area (Å²) in [6, 6.07) is 13.4. The van der Waals surface area contributed by atoms with E-state index in [-0.39, 0.29) is 6.04 Å². The van der Waals surface area contributed by atoms with Crippen molar-refractivity contribution < 1.29 is 9.53 Å². The van der Waals surface area contributed by atoms with Gasteiger partial charge >= 0.3 is 0 Å². The van der Waals surface area contributed by atoms with Crippen molar-refractivity contribution in [1.82, 2.24) is 10.3 Å². The molecule has 0 radical (unpaired) electrons. The van der Waals surface area contributed by atoms with Crippen LogP contribution in [0.25, 0.3) is 0 Å². The van der Waals surface area contributed by atoms with E-state index in [9.17, 15) is 4.79 Å². The first-order chi connectivity index (χ1) is 14.3. The minimum atomic E-state index is -0.246. The Morgan fingerprint density at radius 3 is 2.14 bits per heavy atom. The molecule has 158 valence electrons. The maximum atomic E-state index is 11.0. The zero-order valence-electron chi connectivity index (χ0n) is 17.8. The number of rotatable bonds is 16. The first-order valence-corrected chi connectivity index (χ1v) is 11.2. The number of nitrogens with zero attached hydrogens (tertiary/aromatic N) is 1. The summed E-state index contributed by atoms with van der Waals surface area (Å²) in [6.45, 7) is 3.02. The van der Waals surface area contributed by atoms with Crippen LogP contribution in [0.1, 0.15) is 88.4 Å². The summed E-state index contributed by atoms with van der Waals surface area (Å²) >= 11 is 0. The second kappa shape index (κ2) is 14.6. The molecule has 0 aliphatic rings. The van der Waals surface area contributed by atoms with Crippen LogP contribution < -0.4 is 10.1 Å². The second-order valence-corrected chi connectivity index (χ2v) is 7.57. The van der Waals surface area contributed by atoms with E-state index in [1.54, 1.807) is 6.20 Å². The van der Waals surface area contributed by atoms with Crippen molar-refractivity contribution in [3.8, 4) is 5.75 Å². The van der Waals surface area contributed by atoms with Gasteiger partial charge in [0.2, 0.25) is 6.41 Å². The molecule has 1 unspecified atom stereocenters. The van der Waals surface area contributed by atoms with E-state index in [0.29, 0.717) is 0 Å². The molecule has 1 aromatic carbocycles. The summed E-state index contributed by atoms with van der Waals surface area (Å²) in [6.07, 6.45) is 15.7. The smallest absolute Gasteiger partial charge is 0.207 e. The van der Waals surface area contributed by atoms with Crippen molar-refractivity contribution >= 4 is 6.41 Å². The topological polar surface area (TPSA) is 51.2 Å². The van der Waals surface area contributed by atoms with Gasteiger partial charge in [-0.2, -0.15) is 0 Å². The zero-order valence-corrected chi connectivity index (χ0v) is 17.8. The summed E-state index contributed by atoms with van der Waals surface area (Å²) in [5.74, 6) is 0.871. The lowest BCUT2D eigenvalue weighted by molar-refractivity contribution is -0.110. The molecule has 0 aliphatic heterocycles. The molecular formula is C25H36N2O2. The standard InChI is InChI=1S/C25H36N2O2/c1-2-3-4-5-6-7-8-9-10-13-20-29-23-17-15-22(16-18-23)25(27-21-28)24-14-11-12-19-26-24/h11-12,14-19,21,25H,2-10,13,20H2,1H3,(H,27,28). The highest BCUT2D eigenvalue weighted by Gasteiger charge is 2.14. The number of aromatic nitrogens is 1. The average molecular weight is 397 g/mol. The van der Waals surface area contributed by atoms with Crippen molar-refractivity contribution in [3.05, 3.63) is 59.9 Å². The average Bonchev–Trinajstić information content (AvgIpc) is 2.77. The van der Waals surface area contributed by atoms with E-state index < -0.39 is 0 Å². The van der Waals surface area contributed by atoms with Gasteiger partial charge in [-0.05, 0) is 36.2 Å². The van der Waals surface area contributed by atoms with Crippen molar-refractivity contribution in [2.24, 2.45) is 0 Å². The number of carbonyl (C=O) groups excluding carboxylic acids is 1. The number of carbonyl (C=O) groups is 1. The molecule has 1 amide bonds. The monoisotopic (exact) mass is 396 g/mol. The molecule has 1 heterocycles. The molecule has 29 heavy (non-hydrogen) atoms. The molecule has 4 heteroatoms. The van der Waals surface area contributed by atoms with Crippen LogP contribution in [0.4, 0.5) is 0 Å². The summed E-state index contributed by atoms with van der Waals surface area (Å²) in [7, 11) is 0. The van der Waals surface area contributed by atoms with E-state index in [1.807, 2.05) is 42.5 Å². The molecule has 1 atom stereocenters. The molecule has 2 rings (SSSR count). The SMILES string of the molecule is CCCCCCCCCCCCOc1ccc(C(NC=O)c2ccccn2)cc1. The van der Waals surface area contributed by atoms with Crippen LogP contribution in [0.2, 0.25) is 0 Å². The molecule has 0 saturated carbocycles. The highest BCUT2D eigenvalue weighted by atomic mass is 16.5. The van der Waals surface area contributed by atoms with Gasteiger partial charge in [0.15, 0.2) is 0 Å². The number of hydrogen-bond acceptors (Lipinski definition) is 3. The first-order valence-electron chi connectivity index (χ1n) is 11.2. The van der Waals surface area contributed by atoms with Crippen molar-refractivity contribution in [1.29, 1.82) is 0 Å². The van der Waals surface area contributed by atoms with E-state index in [2.05, 4.69) is 17.2 Å². The van der Waals surface area contributed by atoms with E-state index in [4.69, 9.17) is 4.74 Å². The summed E-state index contributed by atoms with van der Waals surface area (Å²) in [5, 5.41) is 2.84. The third kappa shape index (κ3) is 9.12. The highest BCUT2D eigenvalue weighted by molar-refractivity contribution is 5.50. The minimum Gasteiger partial charge on any atom is -0.494 e. The lowest BCUT2D eigenvalue weighted by Gasteiger charge is -2.16. The Bertz CT molecular complexity index is 658. The molecule has 0 spiro atoms. The quantitative estimate of drug-likeness (QED) is 0.271. The van der Waals surface area contributed by atoms with Gasteiger partial charge in [-0.25, -0.2) is 0 Å². The Balaban J connectivity index is 1.64. The Morgan fingerprint density at radius 1 is 0.897 bits per heavy atom. The molecular weight excluding hydrogens is 360 g/mol. The van der Waals surface area contributed by atoms with E-state index in [1.165, 1.54) is 57.8 Å². The largest absolute Gasteiger partial charge is 0.494 e. The highest BCUT2D eigenvalue weighted by Crippen LogP contribution is 2.22. The second-order valence-electron chi connectivity index (χ2n) is 7.57. The van der Waals surface area contributed by atoms with Crippen molar-refractivity contribution in [2.75, 3.05) is 6.61 Å². The molecule has 0 saturated heterocycles. The fourth-order valence-electron chi connectivity index (χ4n) is 3.50. The number of pyridine rings is 1. The van der Waals surface area contributed by atoms with Gasteiger partial charge in [-0.15, -0.1) is 0 Å². The van der Waals surface area contributed by atoms with Crippen molar-refractivity contribution in [3.63, 3.8) is 0 Å². The predicted molar refractivity (Wildman–Crippen MR) is 119 cm³/mol. The predicted octanol–water partition coefficient (Wildman–Crippen LogP) is 6.22. The Kier molecular flexibility index (Phi) is 11.6. The van der Waals surface area contributed by atoms with Gasteiger partial charge < -0.3 is 10.1 Å². The number of nitrogens with one attached hydrogen (secondary N) is 1. The minimum absolute atomic E-state index is 0.246. The van der Waals surface area contributed by atoms with Crippen LogP contribution in [0, 0.1) is 0 Å². The number of ether oxygens (including phenoxy) is 1. The first kappa shape index (κ1) is 22.9. The van der Waals surface area contributed by atoms with Gasteiger partial charge in [0.25, 0.3) is 0 Å². The fourth-order valence-corrected chi connectivity index (χ4v) is 3.50. The zero-order chi connectivity index (χ0) is 20.6. The van der Waals surface area contributed by atoms with Gasteiger partial charge in [0.1, 0.15) is 5.75 Å². The fraction of sp³-hybridized carbons (Fsp3) is 0.520. The lowest BCUT2D eigenvalue weighted by Crippen LogP contribution is -2.21. The molecule has 0 fully saturated rings. The summed E-state index contributed by atoms with van der Waals surface area (Å²) in [4.78, 5) is 15.3. The molecule has 1 aromatic heterocycles. The molecule has 4 nitrogen and oxygen atoms in total. The van der Waals surface area contributed by atoms with Gasteiger partial charge in [0, 0.05) is 6.20 Å². The maximum Gasteiger partial charge on any atom is 0.207 e. The third-order valence-corrected chi connectivity index (χ3v) is 5.20. The number of unbranched alkanes of at least 4 members (excludes halogenated alkanes) is 9. The number of benzene rings is 1.